The van der Waals surface area contributed by atoms with E-state index in [1.807, 2.05) is 0 Å². The Balaban J connectivity index is 3.26. The van der Waals surface area contributed by atoms with E-state index in [2.05, 4.69) is 20.7 Å². The number of nitro groups is 1. The maximum atomic E-state index is 11.4. The highest BCUT2D eigenvalue weighted by atomic mass is 79.9. The van der Waals surface area contributed by atoms with Gasteiger partial charge in [-0.25, -0.2) is 4.79 Å². The van der Waals surface area contributed by atoms with Crippen molar-refractivity contribution in [3.8, 4) is 6.07 Å². The fraction of sp³-hybridized carbons (Fsp3) is 0.167. The summed E-state index contributed by atoms with van der Waals surface area (Å²) in [5, 5.41) is 19.8. The number of carbonyl (C=O) groups excluding carboxylic acids is 1. The van der Waals surface area contributed by atoms with Gasteiger partial charge < -0.3 is 4.74 Å². The summed E-state index contributed by atoms with van der Waals surface area (Å²) in [7, 11) is 0. The Morgan fingerprint density at radius 2 is 2.32 bits per heavy atom. The van der Waals surface area contributed by atoms with Crippen molar-refractivity contribution in [1.29, 1.82) is 5.26 Å². The Morgan fingerprint density at radius 1 is 1.63 bits per heavy atom. The number of benzene rings is 1. The smallest absolute Gasteiger partial charge is 0.348 e. The predicted molar refractivity (Wildman–Crippen MR) is 71.0 cm³/mol. The summed E-state index contributed by atoms with van der Waals surface area (Å²) in [6, 6.07) is 5.99. The third kappa shape index (κ3) is 3.89. The number of ether oxygens (including phenoxy) is 1. The summed E-state index contributed by atoms with van der Waals surface area (Å²) in [5.74, 6) is -0.804. The molecular formula is C12H9BrN2O4. The molecule has 0 aliphatic heterocycles. The molecule has 1 rings (SSSR count). The van der Waals surface area contributed by atoms with Crippen LogP contribution in [0.5, 0.6) is 0 Å². The average Bonchev–Trinajstić information content (AvgIpc) is 2.37. The molecule has 0 unspecified atom stereocenters. The molecule has 0 bridgehead atoms. The number of hydrogen-bond acceptors (Lipinski definition) is 5. The maximum Gasteiger partial charge on any atom is 0.348 e. The number of hydrogen-bond donors (Lipinski definition) is 0. The Bertz CT molecular complexity index is 590. The Hall–Kier alpha value is -2.20. The Morgan fingerprint density at radius 3 is 2.84 bits per heavy atom. The molecular weight excluding hydrogens is 316 g/mol. The van der Waals surface area contributed by atoms with Gasteiger partial charge in [-0.15, -0.1) is 0 Å². The zero-order chi connectivity index (χ0) is 14.4. The van der Waals surface area contributed by atoms with Gasteiger partial charge in [0.2, 0.25) is 0 Å². The Labute approximate surface area is 117 Å². The van der Waals surface area contributed by atoms with E-state index < -0.39 is 10.9 Å². The summed E-state index contributed by atoms with van der Waals surface area (Å²) < 4.78 is 5.22. The van der Waals surface area contributed by atoms with Gasteiger partial charge in [0.1, 0.15) is 11.6 Å². The zero-order valence-electron chi connectivity index (χ0n) is 9.92. The minimum absolute atomic E-state index is 0.125. The van der Waals surface area contributed by atoms with E-state index in [1.54, 1.807) is 19.1 Å². The van der Waals surface area contributed by atoms with Crippen LogP contribution < -0.4 is 0 Å². The molecule has 1 aromatic carbocycles. The van der Waals surface area contributed by atoms with E-state index in [9.17, 15) is 14.9 Å². The van der Waals surface area contributed by atoms with Gasteiger partial charge in [-0.1, -0.05) is 15.9 Å². The summed E-state index contributed by atoms with van der Waals surface area (Å²) in [5.41, 5.74) is -0.323. The molecule has 0 aliphatic rings. The predicted octanol–water partition coefficient (Wildman–Crippen LogP) is 2.83. The van der Waals surface area contributed by atoms with Crippen LogP contribution in [0, 0.1) is 21.4 Å². The van der Waals surface area contributed by atoms with Crippen LogP contribution in [0.3, 0.4) is 0 Å². The third-order valence-corrected chi connectivity index (χ3v) is 2.60. The highest BCUT2D eigenvalue weighted by Crippen LogP contribution is 2.25. The minimum Gasteiger partial charge on any atom is -0.462 e. The summed E-state index contributed by atoms with van der Waals surface area (Å²) in [4.78, 5) is 21.7. The van der Waals surface area contributed by atoms with Gasteiger partial charge in [0.25, 0.3) is 5.69 Å². The molecule has 6 nitrogen and oxygen atoms in total. The van der Waals surface area contributed by atoms with Crippen molar-refractivity contribution < 1.29 is 14.5 Å². The lowest BCUT2D eigenvalue weighted by molar-refractivity contribution is -0.385. The molecule has 0 heterocycles. The molecule has 0 saturated carbocycles. The lowest BCUT2D eigenvalue weighted by atomic mass is 10.1. The first-order valence-electron chi connectivity index (χ1n) is 5.22. The second-order valence-electron chi connectivity index (χ2n) is 3.35. The number of rotatable bonds is 4. The molecule has 19 heavy (non-hydrogen) atoms. The van der Waals surface area contributed by atoms with Crippen LogP contribution in [0.15, 0.2) is 28.2 Å². The quantitative estimate of drug-likeness (QED) is 0.279. The van der Waals surface area contributed by atoms with E-state index in [0.717, 1.165) is 6.08 Å². The van der Waals surface area contributed by atoms with Crippen LogP contribution in [-0.2, 0) is 9.53 Å². The van der Waals surface area contributed by atoms with Crippen LogP contribution in [0.4, 0.5) is 5.69 Å². The van der Waals surface area contributed by atoms with Crippen molar-refractivity contribution in [3.05, 3.63) is 43.9 Å². The van der Waals surface area contributed by atoms with Gasteiger partial charge >= 0.3 is 5.97 Å². The molecule has 0 N–H and O–H groups in total. The van der Waals surface area contributed by atoms with Crippen molar-refractivity contribution in [1.82, 2.24) is 0 Å². The van der Waals surface area contributed by atoms with Crippen molar-refractivity contribution in [3.63, 3.8) is 0 Å². The summed E-state index contributed by atoms with van der Waals surface area (Å²) in [6.45, 7) is 1.73. The number of nitro benzene ring substituents is 1. The average molecular weight is 325 g/mol. The number of nitrogens with zero attached hydrogens (tertiary/aromatic N) is 2. The van der Waals surface area contributed by atoms with Crippen molar-refractivity contribution in [2.75, 3.05) is 6.61 Å². The van der Waals surface area contributed by atoms with Gasteiger partial charge in [-0.2, -0.15) is 5.26 Å². The van der Waals surface area contributed by atoms with E-state index in [-0.39, 0.29) is 23.4 Å². The number of halogens is 1. The van der Waals surface area contributed by atoms with Crippen molar-refractivity contribution in [2.45, 2.75) is 6.92 Å². The molecule has 98 valence electrons. The fourth-order valence-electron chi connectivity index (χ4n) is 1.30. The van der Waals surface area contributed by atoms with Crippen molar-refractivity contribution >= 4 is 33.7 Å². The first kappa shape index (κ1) is 14.9. The molecule has 0 radical (unpaired) electrons. The second kappa shape index (κ2) is 6.66. The van der Waals surface area contributed by atoms with Crippen molar-refractivity contribution in [2.24, 2.45) is 0 Å². The van der Waals surface area contributed by atoms with Crippen LogP contribution in [-0.4, -0.2) is 17.5 Å². The van der Waals surface area contributed by atoms with E-state index >= 15 is 0 Å². The largest absolute Gasteiger partial charge is 0.462 e. The number of carbonyl (C=O) groups is 1. The SMILES string of the molecule is CCOC(=O)/C(C#N)=C\c1ccc(Br)cc1[N+](=O)[O-]. The molecule has 0 aliphatic carbocycles. The molecule has 0 spiro atoms. The van der Waals surface area contributed by atoms with Crippen LogP contribution in [0.2, 0.25) is 0 Å². The van der Waals surface area contributed by atoms with Gasteiger partial charge in [0, 0.05) is 10.5 Å². The molecule has 0 amide bonds. The second-order valence-corrected chi connectivity index (χ2v) is 4.27. The third-order valence-electron chi connectivity index (χ3n) is 2.10. The first-order valence-corrected chi connectivity index (χ1v) is 6.01. The van der Waals surface area contributed by atoms with Gasteiger partial charge in [0.15, 0.2) is 0 Å². The van der Waals surface area contributed by atoms with Crippen LogP contribution in [0.1, 0.15) is 12.5 Å². The zero-order valence-corrected chi connectivity index (χ0v) is 11.5. The van der Waals surface area contributed by atoms with Gasteiger partial charge in [-0.3, -0.25) is 10.1 Å². The van der Waals surface area contributed by atoms with E-state index in [1.165, 1.54) is 12.1 Å². The molecule has 0 fully saturated rings. The first-order chi connectivity index (χ1) is 8.99. The van der Waals surface area contributed by atoms with Gasteiger partial charge in [-0.05, 0) is 25.1 Å². The fourth-order valence-corrected chi connectivity index (χ4v) is 1.65. The summed E-state index contributed by atoms with van der Waals surface area (Å²) in [6.07, 6.45) is 1.14. The molecule has 7 heteroatoms. The standard InChI is InChI=1S/C12H9BrN2O4/c1-2-19-12(16)9(7-14)5-8-3-4-10(13)6-11(8)15(17)18/h3-6H,2H2,1H3/b9-5-. The van der Waals surface area contributed by atoms with Gasteiger partial charge in [0.05, 0.1) is 17.1 Å². The van der Waals surface area contributed by atoms with Crippen LogP contribution >= 0.6 is 15.9 Å². The lowest BCUT2D eigenvalue weighted by Crippen LogP contribution is -2.06. The monoisotopic (exact) mass is 324 g/mol. The molecule has 1 aromatic rings. The lowest BCUT2D eigenvalue weighted by Gasteiger charge is -2.01. The number of esters is 1. The minimum atomic E-state index is -0.804. The maximum absolute atomic E-state index is 11.4. The van der Waals surface area contributed by atoms with E-state index in [0.29, 0.717) is 4.47 Å². The molecule has 0 aromatic heterocycles. The highest BCUT2D eigenvalue weighted by Gasteiger charge is 2.16. The normalized spacial score (nSPS) is 10.7. The number of nitriles is 1. The van der Waals surface area contributed by atoms with Crippen LogP contribution in [0.25, 0.3) is 6.08 Å². The topological polar surface area (TPSA) is 93.2 Å². The van der Waals surface area contributed by atoms with E-state index in [4.69, 9.17) is 5.26 Å². The molecule has 0 atom stereocenters. The summed E-state index contributed by atoms with van der Waals surface area (Å²) >= 11 is 3.12. The molecule has 0 saturated heterocycles. The highest BCUT2D eigenvalue weighted by molar-refractivity contribution is 9.10. The Kier molecular flexibility index (Phi) is 5.21.